The lowest BCUT2D eigenvalue weighted by Crippen LogP contribution is -2.49. The van der Waals surface area contributed by atoms with E-state index in [4.69, 9.17) is 0 Å². The summed E-state index contributed by atoms with van der Waals surface area (Å²) < 4.78 is 1.96. The predicted octanol–water partition coefficient (Wildman–Crippen LogP) is 4.34. The number of nitriles is 1. The van der Waals surface area contributed by atoms with Crippen LogP contribution in [0.1, 0.15) is 27.9 Å². The van der Waals surface area contributed by atoms with Crippen LogP contribution in [0, 0.1) is 39.0 Å². The highest BCUT2D eigenvalue weighted by molar-refractivity contribution is 5.93. The third-order valence-corrected chi connectivity index (χ3v) is 6.75. The number of para-hydroxylation sites is 1. The molecule has 2 aromatic carbocycles. The lowest BCUT2D eigenvalue weighted by atomic mass is 10.1. The second-order valence-corrected chi connectivity index (χ2v) is 8.75. The molecule has 0 aliphatic carbocycles. The number of hydrogen-bond donors (Lipinski definition) is 1. The topological polar surface area (TPSA) is 64.3 Å². The van der Waals surface area contributed by atoms with Gasteiger partial charge in [-0.3, -0.25) is 14.3 Å². The molecule has 1 aliphatic rings. The van der Waals surface area contributed by atoms with Gasteiger partial charge in [0.25, 0.3) is 0 Å². The minimum absolute atomic E-state index is 0.0960. The van der Waals surface area contributed by atoms with E-state index in [1.165, 1.54) is 16.8 Å². The highest BCUT2D eigenvalue weighted by Gasteiger charge is 2.24. The Bertz CT molecular complexity index is 1200. The lowest BCUT2D eigenvalue weighted by molar-refractivity contribution is -0.117. The fourth-order valence-corrected chi connectivity index (χ4v) is 4.56. The van der Waals surface area contributed by atoms with Crippen LogP contribution in [0.2, 0.25) is 0 Å². The minimum Gasteiger partial charge on any atom is -0.369 e. The monoisotopic (exact) mass is 441 g/mol. The predicted molar refractivity (Wildman–Crippen MR) is 133 cm³/mol. The highest BCUT2D eigenvalue weighted by atomic mass is 16.2. The number of benzene rings is 2. The summed E-state index contributed by atoms with van der Waals surface area (Å²) in [4.78, 5) is 17.6. The van der Waals surface area contributed by atoms with Crippen LogP contribution in [-0.2, 0) is 4.79 Å². The van der Waals surface area contributed by atoms with Crippen molar-refractivity contribution in [2.24, 2.45) is 0 Å². The molecule has 0 saturated carbocycles. The Hall–Kier alpha value is -3.56. The van der Waals surface area contributed by atoms with Gasteiger partial charge in [0.15, 0.2) is 0 Å². The van der Waals surface area contributed by atoms with Crippen molar-refractivity contribution in [2.75, 3.05) is 42.9 Å². The van der Waals surface area contributed by atoms with Gasteiger partial charge >= 0.3 is 0 Å². The van der Waals surface area contributed by atoms with E-state index in [9.17, 15) is 10.1 Å². The number of nitrogens with zero attached hydrogens (tertiary/aromatic N) is 4. The van der Waals surface area contributed by atoms with E-state index in [-0.39, 0.29) is 5.91 Å². The SMILES string of the molecule is Cc1cccc(N2CCN(CC(=O)Nc3c(C#N)c(C)c(C)n3-c3ccccc3)CC2)c1C. The molecular formula is C27H31N5O. The number of aromatic nitrogens is 1. The van der Waals surface area contributed by atoms with Crippen LogP contribution in [0.5, 0.6) is 0 Å². The van der Waals surface area contributed by atoms with Crippen molar-refractivity contribution in [1.29, 1.82) is 5.26 Å². The van der Waals surface area contributed by atoms with E-state index < -0.39 is 0 Å². The van der Waals surface area contributed by atoms with E-state index in [0.29, 0.717) is 17.9 Å². The molecule has 0 spiro atoms. The third kappa shape index (κ3) is 4.50. The maximum absolute atomic E-state index is 13.0. The normalized spacial score (nSPS) is 14.2. The van der Waals surface area contributed by atoms with E-state index in [1.54, 1.807) is 0 Å². The van der Waals surface area contributed by atoms with Crippen molar-refractivity contribution in [3.05, 3.63) is 76.5 Å². The number of nitrogens with one attached hydrogen (secondary N) is 1. The molecule has 1 saturated heterocycles. The third-order valence-electron chi connectivity index (χ3n) is 6.75. The molecule has 1 aromatic heterocycles. The molecular weight excluding hydrogens is 410 g/mol. The molecule has 4 rings (SSSR count). The van der Waals surface area contributed by atoms with Crippen LogP contribution in [0.3, 0.4) is 0 Å². The molecule has 6 heteroatoms. The summed E-state index contributed by atoms with van der Waals surface area (Å²) in [5.41, 5.74) is 7.19. The second kappa shape index (κ2) is 9.51. The van der Waals surface area contributed by atoms with Crippen LogP contribution >= 0.6 is 0 Å². The smallest absolute Gasteiger partial charge is 0.239 e. The molecule has 1 amide bonds. The van der Waals surface area contributed by atoms with E-state index in [1.807, 2.05) is 48.7 Å². The minimum atomic E-state index is -0.0960. The van der Waals surface area contributed by atoms with Crippen LogP contribution in [0.25, 0.3) is 5.69 Å². The molecule has 1 fully saturated rings. The van der Waals surface area contributed by atoms with Gasteiger partial charge in [-0.15, -0.1) is 0 Å². The number of piperazine rings is 1. The van der Waals surface area contributed by atoms with Crippen molar-refractivity contribution in [3.8, 4) is 11.8 Å². The zero-order valence-corrected chi connectivity index (χ0v) is 19.9. The van der Waals surface area contributed by atoms with Crippen molar-refractivity contribution in [3.63, 3.8) is 0 Å². The Morgan fingerprint density at radius 2 is 1.64 bits per heavy atom. The second-order valence-electron chi connectivity index (χ2n) is 8.75. The van der Waals surface area contributed by atoms with Crippen LogP contribution in [0.15, 0.2) is 48.5 Å². The van der Waals surface area contributed by atoms with Gasteiger partial charge in [-0.05, 0) is 62.6 Å². The fraction of sp³-hybridized carbons (Fsp3) is 0.333. The van der Waals surface area contributed by atoms with E-state index >= 15 is 0 Å². The van der Waals surface area contributed by atoms with Gasteiger partial charge in [0, 0.05) is 43.2 Å². The van der Waals surface area contributed by atoms with Gasteiger partial charge in [0.2, 0.25) is 5.91 Å². The quantitative estimate of drug-likeness (QED) is 0.640. The maximum atomic E-state index is 13.0. The summed E-state index contributed by atoms with van der Waals surface area (Å²) in [6, 6.07) is 18.5. The van der Waals surface area contributed by atoms with Gasteiger partial charge in [0.05, 0.1) is 12.1 Å². The standard InChI is InChI=1S/C27H31N5O/c1-19-9-8-12-25(20(19)2)31-15-13-30(14-16-31)18-26(33)29-27-24(17-28)21(3)22(4)32(27)23-10-6-5-7-11-23/h5-12H,13-16,18H2,1-4H3,(H,29,33). The molecule has 1 N–H and O–H groups in total. The van der Waals surface area contributed by atoms with Crippen LogP contribution < -0.4 is 10.2 Å². The summed E-state index contributed by atoms with van der Waals surface area (Å²) in [5.74, 6) is 0.457. The Morgan fingerprint density at radius 1 is 0.939 bits per heavy atom. The number of carbonyl (C=O) groups excluding carboxylic acids is 1. The summed E-state index contributed by atoms with van der Waals surface area (Å²) in [5, 5.41) is 12.8. The van der Waals surface area contributed by atoms with Crippen LogP contribution in [-0.4, -0.2) is 48.1 Å². The van der Waals surface area contributed by atoms with Gasteiger partial charge in [0.1, 0.15) is 11.9 Å². The highest BCUT2D eigenvalue weighted by Crippen LogP contribution is 2.30. The fourth-order valence-electron chi connectivity index (χ4n) is 4.56. The Morgan fingerprint density at radius 3 is 2.30 bits per heavy atom. The van der Waals surface area contributed by atoms with Crippen molar-refractivity contribution < 1.29 is 4.79 Å². The molecule has 1 aliphatic heterocycles. The van der Waals surface area contributed by atoms with Gasteiger partial charge in [-0.25, -0.2) is 0 Å². The number of anilines is 2. The summed E-state index contributed by atoms with van der Waals surface area (Å²) in [6.07, 6.45) is 0. The number of amides is 1. The molecule has 0 unspecified atom stereocenters. The molecule has 3 aromatic rings. The summed E-state index contributed by atoms with van der Waals surface area (Å²) in [6.45, 7) is 11.9. The number of aryl methyl sites for hydroxylation is 1. The van der Waals surface area contributed by atoms with Gasteiger partial charge in [-0.2, -0.15) is 5.26 Å². The molecule has 2 heterocycles. The first-order valence-electron chi connectivity index (χ1n) is 11.4. The van der Waals surface area contributed by atoms with Crippen molar-refractivity contribution in [1.82, 2.24) is 9.47 Å². The first kappa shape index (κ1) is 22.6. The zero-order valence-electron chi connectivity index (χ0n) is 19.9. The lowest BCUT2D eigenvalue weighted by Gasteiger charge is -2.36. The molecule has 0 atom stereocenters. The van der Waals surface area contributed by atoms with Gasteiger partial charge in [-0.1, -0.05) is 30.3 Å². The Balaban J connectivity index is 1.46. The molecule has 170 valence electrons. The average Bonchev–Trinajstić information content (AvgIpc) is 3.05. The van der Waals surface area contributed by atoms with Crippen molar-refractivity contribution in [2.45, 2.75) is 27.7 Å². The maximum Gasteiger partial charge on any atom is 0.239 e. The molecule has 0 radical (unpaired) electrons. The van der Waals surface area contributed by atoms with E-state index in [0.717, 1.165) is 43.1 Å². The Labute approximate surface area is 196 Å². The zero-order chi connectivity index (χ0) is 23.5. The first-order valence-corrected chi connectivity index (χ1v) is 11.4. The van der Waals surface area contributed by atoms with Crippen LogP contribution in [0.4, 0.5) is 11.5 Å². The summed E-state index contributed by atoms with van der Waals surface area (Å²) in [7, 11) is 0. The molecule has 0 bridgehead atoms. The number of rotatable bonds is 5. The molecule has 6 nitrogen and oxygen atoms in total. The first-order chi connectivity index (χ1) is 15.9. The Kier molecular flexibility index (Phi) is 6.52. The van der Waals surface area contributed by atoms with Crippen molar-refractivity contribution >= 4 is 17.4 Å². The average molecular weight is 442 g/mol. The number of hydrogen-bond acceptors (Lipinski definition) is 4. The molecule has 33 heavy (non-hydrogen) atoms. The van der Waals surface area contributed by atoms with Gasteiger partial charge < -0.3 is 10.2 Å². The number of carbonyl (C=O) groups is 1. The summed E-state index contributed by atoms with van der Waals surface area (Å²) >= 11 is 0. The largest absolute Gasteiger partial charge is 0.369 e. The van der Waals surface area contributed by atoms with E-state index in [2.05, 4.69) is 53.2 Å².